The molecule has 2 rings (SSSR count). The number of ketones is 1. The van der Waals surface area contributed by atoms with Gasteiger partial charge in [-0.1, -0.05) is 48.2 Å². The molecule has 0 N–H and O–H groups in total. The molecule has 0 aromatic heterocycles. The van der Waals surface area contributed by atoms with Crippen LogP contribution in [0, 0.1) is 18.8 Å². The zero-order valence-electron chi connectivity index (χ0n) is 9.21. The van der Waals surface area contributed by atoms with Crippen LogP contribution in [0.2, 0.25) is 0 Å². The Morgan fingerprint density at radius 3 is 2.56 bits per heavy atom. The van der Waals surface area contributed by atoms with Gasteiger partial charge in [-0.15, -0.1) is 0 Å². The van der Waals surface area contributed by atoms with E-state index >= 15 is 0 Å². The number of benzene rings is 1. The van der Waals surface area contributed by atoms with Crippen molar-refractivity contribution in [1.82, 2.24) is 0 Å². The van der Waals surface area contributed by atoms with Crippen molar-refractivity contribution >= 4 is 11.4 Å². The summed E-state index contributed by atoms with van der Waals surface area (Å²) >= 11 is 0. The van der Waals surface area contributed by atoms with E-state index in [9.17, 15) is 4.79 Å². The Morgan fingerprint density at radius 1 is 1.31 bits per heavy atom. The maximum absolute atomic E-state index is 11.5. The lowest BCUT2D eigenvalue weighted by Crippen LogP contribution is -2.15. The van der Waals surface area contributed by atoms with E-state index in [2.05, 4.69) is 18.4 Å². The molecule has 0 unspecified atom stereocenters. The summed E-state index contributed by atoms with van der Waals surface area (Å²) in [5.74, 6) is 5.92. The van der Waals surface area contributed by atoms with E-state index in [0.29, 0.717) is 6.42 Å². The van der Waals surface area contributed by atoms with Gasteiger partial charge in [-0.25, -0.2) is 0 Å². The third-order valence-corrected chi connectivity index (χ3v) is 2.58. The Labute approximate surface area is 95.5 Å². The van der Waals surface area contributed by atoms with Gasteiger partial charge in [-0.2, -0.15) is 0 Å². The fourth-order valence-electron chi connectivity index (χ4n) is 1.70. The zero-order valence-corrected chi connectivity index (χ0v) is 9.21. The molecule has 0 saturated carbocycles. The molecular formula is C15H12O. The monoisotopic (exact) mass is 208 g/mol. The third kappa shape index (κ3) is 1.83. The topological polar surface area (TPSA) is 17.1 Å². The molecular weight excluding hydrogens is 196 g/mol. The molecule has 0 amide bonds. The van der Waals surface area contributed by atoms with Gasteiger partial charge in [0.25, 0.3) is 0 Å². The first-order valence-corrected chi connectivity index (χ1v) is 5.18. The number of hydrogen-bond acceptors (Lipinski definition) is 1. The van der Waals surface area contributed by atoms with Crippen LogP contribution in [-0.4, -0.2) is 5.78 Å². The first-order valence-electron chi connectivity index (χ1n) is 5.18. The number of aryl methyl sites for hydroxylation is 1. The molecule has 1 aromatic rings. The Kier molecular flexibility index (Phi) is 2.74. The van der Waals surface area contributed by atoms with E-state index in [1.165, 1.54) is 5.56 Å². The van der Waals surface area contributed by atoms with Crippen LogP contribution in [-0.2, 0) is 4.79 Å². The van der Waals surface area contributed by atoms with E-state index in [0.717, 1.165) is 16.7 Å². The molecule has 0 heterocycles. The Hall–Kier alpha value is -2.07. The number of hydrogen-bond donors (Lipinski definition) is 0. The molecule has 0 fully saturated rings. The van der Waals surface area contributed by atoms with Crippen molar-refractivity contribution in [2.24, 2.45) is 0 Å². The predicted octanol–water partition coefficient (Wildman–Crippen LogP) is 2.91. The van der Waals surface area contributed by atoms with Crippen LogP contribution in [0.4, 0.5) is 0 Å². The van der Waals surface area contributed by atoms with Crippen LogP contribution >= 0.6 is 0 Å². The number of rotatable bonds is 1. The largest absolute Gasteiger partial charge is 0.294 e. The van der Waals surface area contributed by atoms with E-state index in [-0.39, 0.29) is 5.78 Å². The second kappa shape index (κ2) is 4.20. The third-order valence-electron chi connectivity index (χ3n) is 2.58. The minimum atomic E-state index is 0.178. The van der Waals surface area contributed by atoms with E-state index < -0.39 is 0 Å². The van der Waals surface area contributed by atoms with Gasteiger partial charge in [-0.05, 0) is 18.6 Å². The summed E-state index contributed by atoms with van der Waals surface area (Å²) in [7, 11) is 0. The lowest BCUT2D eigenvalue weighted by atomic mass is 9.82. The fraction of sp³-hybridized carbons (Fsp3) is 0.133. The van der Waals surface area contributed by atoms with Crippen molar-refractivity contribution in [3.05, 3.63) is 53.6 Å². The Balaban J connectivity index is 2.42. The summed E-state index contributed by atoms with van der Waals surface area (Å²) in [5.41, 5.74) is 3.85. The summed E-state index contributed by atoms with van der Waals surface area (Å²) in [6.45, 7) is 5.57. The lowest BCUT2D eigenvalue weighted by molar-refractivity contribution is -0.114. The highest BCUT2D eigenvalue weighted by Crippen LogP contribution is 2.32. The second-order valence-electron chi connectivity index (χ2n) is 3.79. The molecule has 1 aliphatic carbocycles. The highest BCUT2D eigenvalue weighted by molar-refractivity contribution is 6.30. The smallest absolute Gasteiger partial charge is 0.169 e. The van der Waals surface area contributed by atoms with Crippen molar-refractivity contribution in [3.8, 4) is 11.8 Å². The minimum absolute atomic E-state index is 0.178. The summed E-state index contributed by atoms with van der Waals surface area (Å²) in [6, 6.07) is 7.95. The number of Topliss-reactive ketones (excluding diaryl/α,β-unsaturated/α-hetero) is 1. The van der Waals surface area contributed by atoms with E-state index in [4.69, 9.17) is 0 Å². The van der Waals surface area contributed by atoms with Crippen LogP contribution in [0.15, 0.2) is 42.5 Å². The maximum Gasteiger partial charge on any atom is 0.169 e. The average Bonchev–Trinajstić information content (AvgIpc) is 2.27. The quantitative estimate of drug-likeness (QED) is 0.648. The highest BCUT2D eigenvalue weighted by Gasteiger charge is 2.26. The minimum Gasteiger partial charge on any atom is -0.294 e. The normalized spacial score (nSPS) is 13.9. The van der Waals surface area contributed by atoms with Crippen LogP contribution in [0.3, 0.4) is 0 Å². The van der Waals surface area contributed by atoms with E-state index in [1.807, 2.05) is 31.2 Å². The van der Waals surface area contributed by atoms with Gasteiger partial charge in [0, 0.05) is 17.6 Å². The highest BCUT2D eigenvalue weighted by atomic mass is 16.1. The standard InChI is InChI=1S/C15H12O/c1-3-4-5-13-10-14(16)15(13)12-8-6-11(2)7-9-12/h3,6-9H,1,10H2,2H3. The van der Waals surface area contributed by atoms with Gasteiger partial charge in [0.1, 0.15) is 0 Å². The van der Waals surface area contributed by atoms with Crippen LogP contribution in [0.25, 0.3) is 5.57 Å². The van der Waals surface area contributed by atoms with Crippen molar-refractivity contribution < 1.29 is 4.79 Å². The molecule has 1 aliphatic rings. The predicted molar refractivity (Wildman–Crippen MR) is 65.7 cm³/mol. The van der Waals surface area contributed by atoms with Gasteiger partial charge in [0.05, 0.1) is 0 Å². The second-order valence-corrected chi connectivity index (χ2v) is 3.79. The van der Waals surface area contributed by atoms with Crippen molar-refractivity contribution in [3.63, 3.8) is 0 Å². The molecule has 0 aliphatic heterocycles. The summed E-state index contributed by atoms with van der Waals surface area (Å²) < 4.78 is 0. The molecule has 0 saturated heterocycles. The van der Waals surface area contributed by atoms with Crippen molar-refractivity contribution in [1.29, 1.82) is 0 Å². The average molecular weight is 208 g/mol. The van der Waals surface area contributed by atoms with Gasteiger partial charge >= 0.3 is 0 Å². The van der Waals surface area contributed by atoms with Crippen LogP contribution < -0.4 is 0 Å². The number of allylic oxidation sites excluding steroid dienone is 3. The Bertz CT molecular complexity index is 533. The molecule has 1 nitrogen and oxygen atoms in total. The molecule has 0 radical (unpaired) electrons. The molecule has 78 valence electrons. The van der Waals surface area contributed by atoms with Gasteiger partial charge in [0.2, 0.25) is 0 Å². The zero-order chi connectivity index (χ0) is 11.5. The van der Waals surface area contributed by atoms with Gasteiger partial charge in [-0.3, -0.25) is 4.79 Å². The van der Waals surface area contributed by atoms with Crippen LogP contribution in [0.5, 0.6) is 0 Å². The number of carbonyl (C=O) groups is 1. The molecule has 0 bridgehead atoms. The SMILES string of the molecule is C=CC#CC1=C(c2ccc(C)cc2)C(=O)C1. The van der Waals surface area contributed by atoms with E-state index in [1.54, 1.807) is 6.08 Å². The molecule has 16 heavy (non-hydrogen) atoms. The Morgan fingerprint density at radius 2 is 2.00 bits per heavy atom. The summed E-state index contributed by atoms with van der Waals surface area (Å²) in [4.78, 5) is 11.5. The van der Waals surface area contributed by atoms with Crippen molar-refractivity contribution in [2.45, 2.75) is 13.3 Å². The molecule has 1 heteroatoms. The fourth-order valence-corrected chi connectivity index (χ4v) is 1.70. The van der Waals surface area contributed by atoms with Gasteiger partial charge < -0.3 is 0 Å². The van der Waals surface area contributed by atoms with Gasteiger partial charge in [0.15, 0.2) is 5.78 Å². The number of carbonyl (C=O) groups excluding carboxylic acids is 1. The summed E-state index contributed by atoms with van der Waals surface area (Å²) in [6.07, 6.45) is 2.01. The van der Waals surface area contributed by atoms with Crippen molar-refractivity contribution in [2.75, 3.05) is 0 Å². The molecule has 0 atom stereocenters. The van der Waals surface area contributed by atoms with Crippen LogP contribution in [0.1, 0.15) is 17.5 Å². The maximum atomic E-state index is 11.5. The molecule has 0 spiro atoms. The summed E-state index contributed by atoms with van der Waals surface area (Å²) in [5, 5.41) is 0. The first-order chi connectivity index (χ1) is 7.72. The molecule has 1 aromatic carbocycles. The first kappa shape index (κ1) is 10.4. The lowest BCUT2D eigenvalue weighted by Gasteiger charge is -2.18.